The van der Waals surface area contributed by atoms with E-state index in [-0.39, 0.29) is 18.0 Å². The quantitative estimate of drug-likeness (QED) is 0.744. The van der Waals surface area contributed by atoms with Gasteiger partial charge in [0.25, 0.3) is 11.5 Å². The molecule has 3 aromatic heterocycles. The first-order chi connectivity index (χ1) is 12.6. The molecule has 0 saturated carbocycles. The Hall–Kier alpha value is -3.42. The molecule has 130 valence electrons. The molecule has 1 N–H and O–H groups in total. The number of H-pyrrole nitrogens is 1. The van der Waals surface area contributed by atoms with Gasteiger partial charge in [0.1, 0.15) is 5.69 Å². The molecule has 0 bridgehead atoms. The highest BCUT2D eigenvalue weighted by atomic mass is 16.2. The third-order valence-corrected chi connectivity index (χ3v) is 4.29. The SMILES string of the molecule is Cc1cnc(-c2nc3c(c(=O)[nH]2)CCN(C(=O)c2cccnc2)C3)cn1. The van der Waals surface area contributed by atoms with Crippen LogP contribution in [0, 0.1) is 6.92 Å². The average Bonchev–Trinajstić information content (AvgIpc) is 2.68. The Kier molecular flexibility index (Phi) is 4.00. The first-order valence-electron chi connectivity index (χ1n) is 8.22. The van der Waals surface area contributed by atoms with Crippen molar-refractivity contribution >= 4 is 5.91 Å². The van der Waals surface area contributed by atoms with Gasteiger partial charge in [0.2, 0.25) is 0 Å². The van der Waals surface area contributed by atoms with E-state index in [1.54, 1.807) is 35.6 Å². The number of nitrogens with one attached hydrogen (secondary N) is 1. The number of aromatic nitrogens is 5. The zero-order chi connectivity index (χ0) is 18.1. The van der Waals surface area contributed by atoms with Gasteiger partial charge in [-0.2, -0.15) is 0 Å². The monoisotopic (exact) mass is 348 g/mol. The second-order valence-corrected chi connectivity index (χ2v) is 6.10. The summed E-state index contributed by atoms with van der Waals surface area (Å²) in [6, 6.07) is 3.45. The fraction of sp³-hybridized carbons (Fsp3) is 0.222. The van der Waals surface area contributed by atoms with E-state index in [1.807, 2.05) is 6.92 Å². The van der Waals surface area contributed by atoms with E-state index in [9.17, 15) is 9.59 Å². The topological polar surface area (TPSA) is 105 Å². The Bertz CT molecular complexity index is 1010. The van der Waals surface area contributed by atoms with Crippen molar-refractivity contribution in [2.45, 2.75) is 19.9 Å². The van der Waals surface area contributed by atoms with Gasteiger partial charge in [-0.1, -0.05) is 0 Å². The Morgan fingerprint density at radius 2 is 2.12 bits per heavy atom. The highest BCUT2D eigenvalue weighted by Gasteiger charge is 2.25. The number of fused-ring (bicyclic) bond motifs is 1. The van der Waals surface area contributed by atoms with E-state index in [0.717, 1.165) is 5.69 Å². The molecule has 0 spiro atoms. The van der Waals surface area contributed by atoms with Gasteiger partial charge >= 0.3 is 0 Å². The minimum absolute atomic E-state index is 0.123. The Morgan fingerprint density at radius 3 is 2.85 bits per heavy atom. The fourth-order valence-corrected chi connectivity index (χ4v) is 2.92. The lowest BCUT2D eigenvalue weighted by atomic mass is 10.1. The highest BCUT2D eigenvalue weighted by molar-refractivity contribution is 5.94. The largest absolute Gasteiger partial charge is 0.332 e. The molecule has 8 nitrogen and oxygen atoms in total. The number of aromatic amines is 1. The van der Waals surface area contributed by atoms with Crippen molar-refractivity contribution in [2.24, 2.45) is 0 Å². The van der Waals surface area contributed by atoms with Gasteiger partial charge in [0.05, 0.1) is 29.7 Å². The second-order valence-electron chi connectivity index (χ2n) is 6.10. The van der Waals surface area contributed by atoms with E-state index >= 15 is 0 Å². The van der Waals surface area contributed by atoms with Gasteiger partial charge in [-0.15, -0.1) is 0 Å². The number of carbonyl (C=O) groups excluding carboxylic acids is 1. The van der Waals surface area contributed by atoms with Crippen LogP contribution in [0.2, 0.25) is 0 Å². The summed E-state index contributed by atoms with van der Waals surface area (Å²) in [4.78, 5) is 46.5. The Morgan fingerprint density at radius 1 is 1.23 bits per heavy atom. The molecular weight excluding hydrogens is 332 g/mol. The molecule has 3 aromatic rings. The molecule has 4 heterocycles. The van der Waals surface area contributed by atoms with Crippen LogP contribution in [0.1, 0.15) is 27.3 Å². The Balaban J connectivity index is 1.67. The summed E-state index contributed by atoms with van der Waals surface area (Å²) >= 11 is 0. The molecule has 1 aliphatic rings. The van der Waals surface area contributed by atoms with Crippen molar-refractivity contribution < 1.29 is 4.79 Å². The average molecular weight is 348 g/mol. The van der Waals surface area contributed by atoms with Crippen LogP contribution in [0.4, 0.5) is 0 Å². The summed E-state index contributed by atoms with van der Waals surface area (Å²) in [5, 5.41) is 0. The molecule has 1 aliphatic heterocycles. The van der Waals surface area contributed by atoms with Gasteiger partial charge < -0.3 is 9.88 Å². The van der Waals surface area contributed by atoms with E-state index in [2.05, 4.69) is 24.9 Å². The number of nitrogens with zero attached hydrogens (tertiary/aromatic N) is 5. The molecular formula is C18H16N6O2. The zero-order valence-electron chi connectivity index (χ0n) is 14.1. The maximum Gasteiger partial charge on any atom is 0.255 e. The van der Waals surface area contributed by atoms with Crippen LogP contribution in [-0.4, -0.2) is 42.3 Å². The summed E-state index contributed by atoms with van der Waals surface area (Å²) in [6.45, 7) is 2.58. The van der Waals surface area contributed by atoms with Crippen LogP contribution in [0.25, 0.3) is 11.5 Å². The Labute approximate surface area is 149 Å². The maximum atomic E-state index is 12.6. The van der Waals surface area contributed by atoms with Gasteiger partial charge in [-0.3, -0.25) is 19.6 Å². The van der Waals surface area contributed by atoms with Crippen LogP contribution < -0.4 is 5.56 Å². The normalized spacial score (nSPS) is 13.3. The molecule has 0 radical (unpaired) electrons. The first kappa shape index (κ1) is 16.1. The van der Waals surface area contributed by atoms with E-state index < -0.39 is 0 Å². The van der Waals surface area contributed by atoms with Crippen molar-refractivity contribution in [3.05, 3.63) is 69.8 Å². The lowest BCUT2D eigenvalue weighted by Gasteiger charge is -2.27. The molecule has 1 amide bonds. The van der Waals surface area contributed by atoms with Crippen molar-refractivity contribution in [2.75, 3.05) is 6.54 Å². The van der Waals surface area contributed by atoms with Crippen molar-refractivity contribution in [3.8, 4) is 11.5 Å². The molecule has 8 heteroatoms. The third-order valence-electron chi connectivity index (χ3n) is 4.29. The number of rotatable bonds is 2. The van der Waals surface area contributed by atoms with Crippen LogP contribution >= 0.6 is 0 Å². The summed E-state index contributed by atoms with van der Waals surface area (Å²) in [5.41, 5.74) is 2.80. The molecule has 0 aromatic carbocycles. The predicted octanol–water partition coefficient (Wildman–Crippen LogP) is 1.13. The number of pyridine rings is 1. The van der Waals surface area contributed by atoms with E-state index in [0.29, 0.717) is 41.3 Å². The highest BCUT2D eigenvalue weighted by Crippen LogP contribution is 2.18. The second kappa shape index (κ2) is 6.47. The van der Waals surface area contributed by atoms with Crippen molar-refractivity contribution in [1.82, 2.24) is 29.8 Å². The minimum Gasteiger partial charge on any atom is -0.332 e. The molecule has 4 rings (SSSR count). The number of hydrogen-bond acceptors (Lipinski definition) is 6. The van der Waals surface area contributed by atoms with Gasteiger partial charge in [-0.05, 0) is 25.5 Å². The molecule has 0 unspecified atom stereocenters. The lowest BCUT2D eigenvalue weighted by Crippen LogP contribution is -2.39. The molecule has 0 aliphatic carbocycles. The van der Waals surface area contributed by atoms with Gasteiger partial charge in [0.15, 0.2) is 5.82 Å². The molecule has 0 fully saturated rings. The third kappa shape index (κ3) is 2.97. The van der Waals surface area contributed by atoms with Crippen LogP contribution in [-0.2, 0) is 13.0 Å². The number of amides is 1. The van der Waals surface area contributed by atoms with Gasteiger partial charge in [0, 0.05) is 30.7 Å². The standard InChI is InChI=1S/C18H16N6O2/c1-11-7-21-14(9-20-11)16-22-15-10-24(6-4-13(15)17(25)23-16)18(26)12-3-2-5-19-8-12/h2-3,5,7-9H,4,6,10H2,1H3,(H,22,23,25). The smallest absolute Gasteiger partial charge is 0.255 e. The lowest BCUT2D eigenvalue weighted by molar-refractivity contribution is 0.0731. The van der Waals surface area contributed by atoms with Crippen molar-refractivity contribution in [1.29, 1.82) is 0 Å². The molecule has 0 atom stereocenters. The van der Waals surface area contributed by atoms with Gasteiger partial charge in [-0.25, -0.2) is 9.97 Å². The summed E-state index contributed by atoms with van der Waals surface area (Å²) in [5.74, 6) is 0.236. The van der Waals surface area contributed by atoms with Crippen molar-refractivity contribution in [3.63, 3.8) is 0 Å². The predicted molar refractivity (Wildman–Crippen MR) is 93.3 cm³/mol. The number of hydrogen-bond donors (Lipinski definition) is 1. The zero-order valence-corrected chi connectivity index (χ0v) is 14.1. The number of carbonyl (C=O) groups is 1. The summed E-state index contributed by atoms with van der Waals surface area (Å²) < 4.78 is 0. The molecule has 26 heavy (non-hydrogen) atoms. The summed E-state index contributed by atoms with van der Waals surface area (Å²) in [7, 11) is 0. The fourth-order valence-electron chi connectivity index (χ4n) is 2.92. The molecule has 0 saturated heterocycles. The number of aryl methyl sites for hydroxylation is 1. The minimum atomic E-state index is -0.194. The van der Waals surface area contributed by atoms with E-state index in [4.69, 9.17) is 0 Å². The van der Waals surface area contributed by atoms with Crippen LogP contribution in [0.15, 0.2) is 41.7 Å². The van der Waals surface area contributed by atoms with E-state index in [1.165, 1.54) is 6.20 Å². The summed E-state index contributed by atoms with van der Waals surface area (Å²) in [6.07, 6.45) is 6.81. The van der Waals surface area contributed by atoms with Crippen LogP contribution in [0.5, 0.6) is 0 Å². The first-order valence-corrected chi connectivity index (χ1v) is 8.22. The maximum absolute atomic E-state index is 12.6. The van der Waals surface area contributed by atoms with Crippen LogP contribution in [0.3, 0.4) is 0 Å².